The van der Waals surface area contributed by atoms with Gasteiger partial charge in [0.1, 0.15) is 11.6 Å². The summed E-state index contributed by atoms with van der Waals surface area (Å²) < 4.78 is 18.5. The maximum atomic E-state index is 13.2. The second-order valence-corrected chi connectivity index (χ2v) is 5.51. The second-order valence-electron chi connectivity index (χ2n) is 4.67. The highest BCUT2D eigenvalue weighted by atomic mass is 35.5. The Kier molecular flexibility index (Phi) is 5.45. The molecule has 5 heteroatoms. The molecule has 0 bridgehead atoms. The monoisotopic (exact) mass is 327 g/mol. The van der Waals surface area contributed by atoms with Gasteiger partial charge in [-0.25, -0.2) is 4.39 Å². The van der Waals surface area contributed by atoms with Crippen molar-refractivity contribution < 1.29 is 9.13 Å². The summed E-state index contributed by atoms with van der Waals surface area (Å²) in [4.78, 5) is 0. The molecule has 0 aliphatic carbocycles. The average molecular weight is 328 g/mol. The predicted octanol–water partition coefficient (Wildman–Crippen LogP) is 4.64. The van der Waals surface area contributed by atoms with E-state index in [-0.39, 0.29) is 11.9 Å². The number of benzene rings is 2. The largest absolute Gasteiger partial charge is 0.496 e. The third kappa shape index (κ3) is 3.88. The highest BCUT2D eigenvalue weighted by molar-refractivity contribution is 6.31. The molecule has 21 heavy (non-hydrogen) atoms. The SMILES string of the molecule is CNC(Cc1cc(Cl)ccc1OC)c1ccc(F)cc1Cl. The van der Waals surface area contributed by atoms with Gasteiger partial charge in [0.25, 0.3) is 0 Å². The fraction of sp³-hybridized carbons (Fsp3) is 0.250. The minimum Gasteiger partial charge on any atom is -0.496 e. The van der Waals surface area contributed by atoms with E-state index in [0.29, 0.717) is 16.5 Å². The Morgan fingerprint density at radius 2 is 1.95 bits per heavy atom. The minimum atomic E-state index is -0.348. The van der Waals surface area contributed by atoms with Crippen molar-refractivity contribution in [3.63, 3.8) is 0 Å². The van der Waals surface area contributed by atoms with Gasteiger partial charge < -0.3 is 10.1 Å². The molecule has 0 saturated heterocycles. The Morgan fingerprint density at radius 1 is 1.19 bits per heavy atom. The number of hydrogen-bond acceptors (Lipinski definition) is 2. The van der Waals surface area contributed by atoms with Crippen LogP contribution in [0.3, 0.4) is 0 Å². The topological polar surface area (TPSA) is 21.3 Å². The van der Waals surface area contributed by atoms with Gasteiger partial charge in [0, 0.05) is 16.1 Å². The molecule has 0 saturated carbocycles. The number of rotatable bonds is 5. The van der Waals surface area contributed by atoms with E-state index in [1.807, 2.05) is 19.2 Å². The van der Waals surface area contributed by atoms with Crippen LogP contribution in [0, 0.1) is 5.82 Å². The molecule has 1 N–H and O–H groups in total. The smallest absolute Gasteiger partial charge is 0.124 e. The lowest BCUT2D eigenvalue weighted by molar-refractivity contribution is 0.406. The van der Waals surface area contributed by atoms with E-state index in [4.69, 9.17) is 27.9 Å². The Hall–Kier alpha value is -1.29. The zero-order valence-corrected chi connectivity index (χ0v) is 13.3. The highest BCUT2D eigenvalue weighted by Crippen LogP contribution is 2.30. The van der Waals surface area contributed by atoms with Gasteiger partial charge in [-0.05, 0) is 54.9 Å². The zero-order chi connectivity index (χ0) is 15.4. The Morgan fingerprint density at radius 3 is 2.57 bits per heavy atom. The van der Waals surface area contributed by atoms with Gasteiger partial charge in [-0.3, -0.25) is 0 Å². The third-order valence-electron chi connectivity index (χ3n) is 3.35. The summed E-state index contributed by atoms with van der Waals surface area (Å²) in [5.41, 5.74) is 1.80. The van der Waals surface area contributed by atoms with Crippen molar-refractivity contribution in [1.29, 1.82) is 0 Å². The van der Waals surface area contributed by atoms with Gasteiger partial charge in [0.05, 0.1) is 7.11 Å². The standard InChI is InChI=1S/C16H16Cl2FNO/c1-20-15(13-5-4-12(19)9-14(13)18)8-10-7-11(17)3-6-16(10)21-2/h3-7,9,15,20H,8H2,1-2H3. The van der Waals surface area contributed by atoms with Crippen LogP contribution in [-0.2, 0) is 6.42 Å². The number of nitrogens with one attached hydrogen (secondary N) is 1. The van der Waals surface area contributed by atoms with Crippen LogP contribution in [0.15, 0.2) is 36.4 Å². The molecular weight excluding hydrogens is 312 g/mol. The lowest BCUT2D eigenvalue weighted by atomic mass is 9.98. The van der Waals surface area contributed by atoms with Crippen molar-refractivity contribution in [1.82, 2.24) is 5.32 Å². The van der Waals surface area contributed by atoms with Crippen LogP contribution in [0.1, 0.15) is 17.2 Å². The van der Waals surface area contributed by atoms with E-state index < -0.39 is 0 Å². The normalized spacial score (nSPS) is 12.2. The van der Waals surface area contributed by atoms with Crippen LogP contribution < -0.4 is 10.1 Å². The minimum absolute atomic E-state index is 0.0644. The molecular formula is C16H16Cl2FNO. The van der Waals surface area contributed by atoms with Crippen LogP contribution >= 0.6 is 23.2 Å². The van der Waals surface area contributed by atoms with Gasteiger partial charge in [0.15, 0.2) is 0 Å². The van der Waals surface area contributed by atoms with E-state index in [1.165, 1.54) is 12.1 Å². The summed E-state index contributed by atoms with van der Waals surface area (Å²) in [5.74, 6) is 0.414. The van der Waals surface area contributed by atoms with Crippen molar-refractivity contribution in [2.45, 2.75) is 12.5 Å². The molecule has 1 atom stereocenters. The van der Waals surface area contributed by atoms with Crippen LogP contribution in [-0.4, -0.2) is 14.2 Å². The molecule has 0 amide bonds. The summed E-state index contributed by atoms with van der Waals surface area (Å²) >= 11 is 12.2. The first-order chi connectivity index (χ1) is 10.0. The van der Waals surface area contributed by atoms with E-state index in [9.17, 15) is 4.39 Å². The van der Waals surface area contributed by atoms with E-state index >= 15 is 0 Å². The summed E-state index contributed by atoms with van der Waals surface area (Å²) in [6.45, 7) is 0. The quantitative estimate of drug-likeness (QED) is 0.863. The summed E-state index contributed by atoms with van der Waals surface area (Å²) in [6, 6.07) is 9.82. The van der Waals surface area contributed by atoms with Gasteiger partial charge in [-0.1, -0.05) is 29.3 Å². The molecule has 2 aromatic rings. The number of methoxy groups -OCH3 is 1. The third-order valence-corrected chi connectivity index (χ3v) is 3.92. The van der Waals surface area contributed by atoms with Gasteiger partial charge in [0.2, 0.25) is 0 Å². The summed E-state index contributed by atoms with van der Waals surface area (Å²) in [5, 5.41) is 4.24. The maximum absolute atomic E-state index is 13.2. The molecule has 0 heterocycles. The molecule has 0 aliphatic rings. The van der Waals surface area contributed by atoms with E-state index in [1.54, 1.807) is 19.2 Å². The van der Waals surface area contributed by atoms with Gasteiger partial charge in [-0.2, -0.15) is 0 Å². The molecule has 2 aromatic carbocycles. The highest BCUT2D eigenvalue weighted by Gasteiger charge is 2.16. The van der Waals surface area contributed by atoms with Gasteiger partial charge >= 0.3 is 0 Å². The predicted molar refractivity (Wildman–Crippen MR) is 84.9 cm³/mol. The Balaban J connectivity index is 2.33. The van der Waals surface area contributed by atoms with E-state index in [2.05, 4.69) is 5.32 Å². The van der Waals surface area contributed by atoms with Gasteiger partial charge in [-0.15, -0.1) is 0 Å². The first-order valence-electron chi connectivity index (χ1n) is 6.49. The van der Waals surface area contributed by atoms with Crippen molar-refractivity contribution in [2.24, 2.45) is 0 Å². The maximum Gasteiger partial charge on any atom is 0.124 e. The number of hydrogen-bond donors (Lipinski definition) is 1. The van der Waals surface area contributed by atoms with Crippen LogP contribution in [0.25, 0.3) is 0 Å². The molecule has 0 fully saturated rings. The van der Waals surface area contributed by atoms with Crippen LogP contribution in [0.2, 0.25) is 10.0 Å². The van der Waals surface area contributed by atoms with Crippen LogP contribution in [0.5, 0.6) is 5.75 Å². The molecule has 0 radical (unpaired) electrons. The fourth-order valence-corrected chi connectivity index (χ4v) is 2.77. The number of likely N-dealkylation sites (N-methyl/N-ethyl adjacent to an activating group) is 1. The van der Waals surface area contributed by atoms with Crippen molar-refractivity contribution in [3.8, 4) is 5.75 Å². The first-order valence-corrected chi connectivity index (χ1v) is 7.25. The summed E-state index contributed by atoms with van der Waals surface area (Å²) in [6.07, 6.45) is 0.631. The van der Waals surface area contributed by atoms with E-state index in [0.717, 1.165) is 16.9 Å². The lowest BCUT2D eigenvalue weighted by Crippen LogP contribution is -2.19. The molecule has 0 aliphatic heterocycles. The molecule has 1 unspecified atom stereocenters. The molecule has 112 valence electrons. The molecule has 0 aromatic heterocycles. The Bertz CT molecular complexity index is 634. The second kappa shape index (κ2) is 7.12. The Labute approximate surface area is 133 Å². The zero-order valence-electron chi connectivity index (χ0n) is 11.8. The molecule has 0 spiro atoms. The molecule has 2 nitrogen and oxygen atoms in total. The van der Waals surface area contributed by atoms with Crippen molar-refractivity contribution in [3.05, 3.63) is 63.4 Å². The van der Waals surface area contributed by atoms with Crippen LogP contribution in [0.4, 0.5) is 4.39 Å². The van der Waals surface area contributed by atoms with Crippen molar-refractivity contribution in [2.75, 3.05) is 14.2 Å². The molecule has 2 rings (SSSR count). The average Bonchev–Trinajstić information content (AvgIpc) is 2.45. The summed E-state index contributed by atoms with van der Waals surface area (Å²) in [7, 11) is 3.45. The number of ether oxygens (including phenoxy) is 1. The van der Waals surface area contributed by atoms with Crippen molar-refractivity contribution >= 4 is 23.2 Å². The lowest BCUT2D eigenvalue weighted by Gasteiger charge is -2.19. The number of halogens is 3. The first kappa shape index (κ1) is 16.1. The fourth-order valence-electron chi connectivity index (χ4n) is 2.28.